The van der Waals surface area contributed by atoms with E-state index in [0.717, 1.165) is 31.2 Å². The summed E-state index contributed by atoms with van der Waals surface area (Å²) in [7, 11) is 0. The number of rotatable bonds is 11. The molecule has 2 amide bonds. The quantitative estimate of drug-likeness (QED) is 0.310. The summed E-state index contributed by atoms with van der Waals surface area (Å²) < 4.78 is 26.0. The molecule has 0 spiro atoms. The Balaban J connectivity index is 1.45. The molecule has 2 N–H and O–H groups in total. The molecular weight excluding hydrogens is 551 g/mol. The third-order valence-electron chi connectivity index (χ3n) is 8.46. The van der Waals surface area contributed by atoms with Gasteiger partial charge in [-0.15, -0.1) is 0 Å². The van der Waals surface area contributed by atoms with E-state index < -0.39 is 11.9 Å². The first kappa shape index (κ1) is 30.8. The highest BCUT2D eigenvalue weighted by Crippen LogP contribution is 2.37. The van der Waals surface area contributed by atoms with Gasteiger partial charge in [-0.2, -0.15) is 0 Å². The molecule has 0 unspecified atom stereocenters. The minimum absolute atomic E-state index is 0.0404. The second-order valence-electron chi connectivity index (χ2n) is 11.4. The van der Waals surface area contributed by atoms with Crippen molar-refractivity contribution in [1.29, 1.82) is 0 Å². The zero-order chi connectivity index (χ0) is 30.2. The van der Waals surface area contributed by atoms with Crippen molar-refractivity contribution in [3.8, 4) is 17.0 Å². The Morgan fingerprint density at radius 1 is 1.12 bits per heavy atom. The Labute approximate surface area is 252 Å². The van der Waals surface area contributed by atoms with Crippen LogP contribution >= 0.6 is 0 Å². The monoisotopic (exact) mass is 592 g/mol. The SMILES string of the molecule is C[C@H](NC(=O)Oc1c(CN2CCN(CCOCCO)C(=O)C2)c(-c2ccccc2)nc2ccc(F)cc12)C1CCCCC1. The lowest BCUT2D eigenvalue weighted by atomic mass is 9.85. The summed E-state index contributed by atoms with van der Waals surface area (Å²) >= 11 is 0. The van der Waals surface area contributed by atoms with E-state index in [-0.39, 0.29) is 44.0 Å². The van der Waals surface area contributed by atoms with Gasteiger partial charge >= 0.3 is 6.09 Å². The van der Waals surface area contributed by atoms with Crippen molar-refractivity contribution in [3.05, 3.63) is 59.9 Å². The molecule has 2 aromatic carbocycles. The molecule has 0 radical (unpaired) electrons. The number of hydrogen-bond donors (Lipinski definition) is 2. The summed E-state index contributed by atoms with van der Waals surface area (Å²) in [6.45, 7) is 4.55. The molecule has 2 fully saturated rings. The second-order valence-corrected chi connectivity index (χ2v) is 11.4. The average molecular weight is 593 g/mol. The molecule has 1 saturated carbocycles. The van der Waals surface area contributed by atoms with E-state index in [4.69, 9.17) is 19.6 Å². The molecule has 2 heterocycles. The van der Waals surface area contributed by atoms with Crippen LogP contribution in [0.15, 0.2) is 48.5 Å². The maximum Gasteiger partial charge on any atom is 0.412 e. The highest BCUT2D eigenvalue weighted by atomic mass is 19.1. The minimum atomic E-state index is -0.584. The first-order valence-corrected chi connectivity index (χ1v) is 15.3. The molecule has 5 rings (SSSR count). The van der Waals surface area contributed by atoms with Crippen LogP contribution in [-0.2, 0) is 16.1 Å². The molecule has 230 valence electrons. The summed E-state index contributed by atoms with van der Waals surface area (Å²) in [5.41, 5.74) is 2.58. The van der Waals surface area contributed by atoms with E-state index in [2.05, 4.69) is 5.32 Å². The van der Waals surface area contributed by atoms with Crippen molar-refractivity contribution in [1.82, 2.24) is 20.1 Å². The van der Waals surface area contributed by atoms with Crippen molar-refractivity contribution in [3.63, 3.8) is 0 Å². The number of aliphatic hydroxyl groups excluding tert-OH is 1. The fraction of sp³-hybridized carbons (Fsp3) is 0.485. The first-order chi connectivity index (χ1) is 20.9. The summed E-state index contributed by atoms with van der Waals surface area (Å²) in [6.07, 6.45) is 5.10. The number of amides is 2. The van der Waals surface area contributed by atoms with Gasteiger partial charge < -0.3 is 24.8 Å². The van der Waals surface area contributed by atoms with Crippen LogP contribution in [0.4, 0.5) is 9.18 Å². The van der Waals surface area contributed by atoms with Crippen molar-refractivity contribution in [2.24, 2.45) is 5.92 Å². The van der Waals surface area contributed by atoms with E-state index in [0.29, 0.717) is 54.3 Å². The van der Waals surface area contributed by atoms with Crippen molar-refractivity contribution >= 4 is 22.9 Å². The van der Waals surface area contributed by atoms with Crippen LogP contribution in [0.2, 0.25) is 0 Å². The molecule has 3 aromatic rings. The number of pyridine rings is 1. The Kier molecular flexibility index (Phi) is 10.6. The third kappa shape index (κ3) is 7.87. The van der Waals surface area contributed by atoms with Crippen LogP contribution in [-0.4, -0.2) is 83.9 Å². The highest BCUT2D eigenvalue weighted by molar-refractivity contribution is 5.92. The van der Waals surface area contributed by atoms with Gasteiger partial charge in [-0.05, 0) is 43.9 Å². The van der Waals surface area contributed by atoms with Gasteiger partial charge in [0, 0.05) is 48.7 Å². The molecule has 1 atom stereocenters. The Morgan fingerprint density at radius 2 is 1.91 bits per heavy atom. The molecule has 1 aliphatic heterocycles. The zero-order valence-corrected chi connectivity index (χ0v) is 24.8. The molecule has 0 bridgehead atoms. The van der Waals surface area contributed by atoms with E-state index in [1.165, 1.54) is 18.6 Å². The number of benzene rings is 2. The number of aromatic nitrogens is 1. The van der Waals surface area contributed by atoms with E-state index in [9.17, 15) is 14.0 Å². The van der Waals surface area contributed by atoms with Crippen molar-refractivity contribution in [2.75, 3.05) is 46.0 Å². The van der Waals surface area contributed by atoms with Crippen molar-refractivity contribution in [2.45, 2.75) is 51.6 Å². The number of aliphatic hydroxyl groups is 1. The lowest BCUT2D eigenvalue weighted by molar-refractivity contribution is -0.137. The molecule has 1 saturated heterocycles. The van der Waals surface area contributed by atoms with Gasteiger partial charge in [0.2, 0.25) is 5.91 Å². The van der Waals surface area contributed by atoms with Crippen LogP contribution in [0.5, 0.6) is 5.75 Å². The van der Waals surface area contributed by atoms with Crippen LogP contribution in [0, 0.1) is 11.7 Å². The lowest BCUT2D eigenvalue weighted by Gasteiger charge is -2.35. The van der Waals surface area contributed by atoms with Gasteiger partial charge in [-0.1, -0.05) is 49.6 Å². The van der Waals surface area contributed by atoms with Crippen molar-refractivity contribution < 1.29 is 28.6 Å². The average Bonchev–Trinajstić information content (AvgIpc) is 3.02. The predicted octanol–water partition coefficient (Wildman–Crippen LogP) is 4.75. The van der Waals surface area contributed by atoms with Gasteiger partial charge in [0.05, 0.1) is 37.6 Å². The van der Waals surface area contributed by atoms with E-state index in [1.54, 1.807) is 11.0 Å². The van der Waals surface area contributed by atoms with Gasteiger partial charge in [-0.3, -0.25) is 9.69 Å². The summed E-state index contributed by atoms with van der Waals surface area (Å²) in [6, 6.07) is 13.9. The maximum atomic E-state index is 14.6. The molecule has 1 aromatic heterocycles. The molecule has 43 heavy (non-hydrogen) atoms. The third-order valence-corrected chi connectivity index (χ3v) is 8.46. The molecule has 10 heteroatoms. The fourth-order valence-electron chi connectivity index (χ4n) is 6.10. The Bertz CT molecular complexity index is 1400. The van der Waals surface area contributed by atoms with Gasteiger partial charge in [0.25, 0.3) is 0 Å². The first-order valence-electron chi connectivity index (χ1n) is 15.3. The number of carbonyl (C=O) groups is 2. The van der Waals surface area contributed by atoms with Crippen LogP contribution in [0.25, 0.3) is 22.2 Å². The van der Waals surface area contributed by atoms with Crippen LogP contribution in [0.1, 0.15) is 44.6 Å². The lowest BCUT2D eigenvalue weighted by Crippen LogP contribution is -2.50. The Hall–Kier alpha value is -3.60. The Morgan fingerprint density at radius 3 is 2.65 bits per heavy atom. The van der Waals surface area contributed by atoms with Gasteiger partial charge in [-0.25, -0.2) is 14.2 Å². The standard InChI is InChI=1S/C33H41FN4O5/c1-23(24-8-4-2-5-9-24)35-33(41)43-32-27-20-26(34)12-13-29(27)36-31(25-10-6-3-7-11-25)28(32)21-37-14-15-38(30(40)22-37)16-18-42-19-17-39/h3,6-7,10-13,20,23-24,39H,2,4-5,8-9,14-19,21-22H2,1H3,(H,35,41)/t23-/m0/s1. The largest absolute Gasteiger partial charge is 0.412 e. The predicted molar refractivity (Wildman–Crippen MR) is 162 cm³/mol. The molecule has 9 nitrogen and oxygen atoms in total. The fourth-order valence-corrected chi connectivity index (χ4v) is 6.10. The minimum Gasteiger partial charge on any atom is -0.409 e. The molecule has 1 aliphatic carbocycles. The smallest absolute Gasteiger partial charge is 0.409 e. The van der Waals surface area contributed by atoms with E-state index in [1.807, 2.05) is 42.2 Å². The summed E-state index contributed by atoms with van der Waals surface area (Å²) in [4.78, 5) is 35.1. The number of fused-ring (bicyclic) bond motifs is 1. The topological polar surface area (TPSA) is 104 Å². The number of hydrogen-bond acceptors (Lipinski definition) is 7. The summed E-state index contributed by atoms with van der Waals surface area (Å²) in [5.74, 6) is 0.148. The number of ether oxygens (including phenoxy) is 2. The maximum absolute atomic E-state index is 14.6. The normalized spacial score (nSPS) is 17.3. The number of carbonyl (C=O) groups excluding carboxylic acids is 2. The van der Waals surface area contributed by atoms with E-state index >= 15 is 0 Å². The number of halogens is 1. The van der Waals surface area contributed by atoms with Crippen LogP contribution < -0.4 is 10.1 Å². The number of nitrogens with zero attached hydrogens (tertiary/aromatic N) is 3. The number of nitrogens with one attached hydrogen (secondary N) is 1. The summed E-state index contributed by atoms with van der Waals surface area (Å²) in [5, 5.41) is 12.4. The zero-order valence-electron chi connectivity index (χ0n) is 24.8. The van der Waals surface area contributed by atoms with Crippen LogP contribution in [0.3, 0.4) is 0 Å². The van der Waals surface area contributed by atoms with Gasteiger partial charge in [0.15, 0.2) is 0 Å². The van der Waals surface area contributed by atoms with Gasteiger partial charge in [0.1, 0.15) is 11.6 Å². The highest BCUT2D eigenvalue weighted by Gasteiger charge is 2.29. The molecular formula is C33H41FN4O5. The number of piperazine rings is 1. The molecule has 2 aliphatic rings. The second kappa shape index (κ2) is 14.7.